The summed E-state index contributed by atoms with van der Waals surface area (Å²) in [4.78, 5) is 9.49. The lowest BCUT2D eigenvalue weighted by molar-refractivity contribution is -0.135. The molecule has 0 fully saturated rings. The van der Waals surface area contributed by atoms with E-state index in [2.05, 4.69) is 38.3 Å². The first-order chi connectivity index (χ1) is 4.50. The van der Waals surface area contributed by atoms with Crippen LogP contribution in [0.1, 0.15) is 20.8 Å². The van der Waals surface area contributed by atoms with Crippen molar-refractivity contribution in [1.29, 1.82) is 0 Å². The van der Waals surface area contributed by atoms with Gasteiger partial charge in [0.25, 0.3) is 0 Å². The standard InChI is InChI=1S/C4H10.C2H5NO2S/c1-4(2)3;4-2(5)1-3-6/h4H,1-3H3;3,6H,1H2,(H,4,5). The molecule has 0 aliphatic rings. The van der Waals surface area contributed by atoms with E-state index in [1.807, 2.05) is 0 Å². The first-order valence-electron chi connectivity index (χ1n) is 3.09. The number of hydrogen-bond donors (Lipinski definition) is 3. The van der Waals surface area contributed by atoms with Crippen molar-refractivity contribution in [2.45, 2.75) is 20.8 Å². The van der Waals surface area contributed by atoms with Gasteiger partial charge in [0.1, 0.15) is 6.54 Å². The van der Waals surface area contributed by atoms with Gasteiger partial charge in [-0.05, 0) is 5.92 Å². The van der Waals surface area contributed by atoms with Gasteiger partial charge < -0.3 is 5.11 Å². The molecule has 0 aromatic heterocycles. The second-order valence-corrected chi connectivity index (χ2v) is 2.78. The highest BCUT2D eigenvalue weighted by molar-refractivity contribution is 7.78. The molecule has 2 N–H and O–H groups in total. The topological polar surface area (TPSA) is 49.3 Å². The number of thiol groups is 1. The molecule has 0 saturated heterocycles. The Hall–Kier alpha value is -0.220. The van der Waals surface area contributed by atoms with E-state index in [1.165, 1.54) is 0 Å². The van der Waals surface area contributed by atoms with Crippen LogP contribution < -0.4 is 4.72 Å². The van der Waals surface area contributed by atoms with E-state index in [0.29, 0.717) is 0 Å². The minimum atomic E-state index is -0.898. The summed E-state index contributed by atoms with van der Waals surface area (Å²) in [5, 5.41) is 7.80. The number of aliphatic carboxylic acids is 1. The molecule has 0 rings (SSSR count). The molecule has 0 aliphatic carbocycles. The van der Waals surface area contributed by atoms with Gasteiger partial charge in [-0.25, -0.2) is 0 Å². The third-order valence-corrected chi connectivity index (χ3v) is 0.388. The summed E-state index contributed by atoms with van der Waals surface area (Å²) >= 11 is 3.43. The van der Waals surface area contributed by atoms with E-state index in [1.54, 1.807) is 0 Å². The maximum absolute atomic E-state index is 9.49. The van der Waals surface area contributed by atoms with Crippen molar-refractivity contribution in [1.82, 2.24) is 4.72 Å². The van der Waals surface area contributed by atoms with Gasteiger partial charge in [0.15, 0.2) is 0 Å². The molecule has 0 aromatic rings. The fourth-order valence-corrected chi connectivity index (χ4v) is 0.203. The van der Waals surface area contributed by atoms with Crippen LogP contribution in [0, 0.1) is 5.92 Å². The van der Waals surface area contributed by atoms with Gasteiger partial charge in [0.2, 0.25) is 0 Å². The van der Waals surface area contributed by atoms with Crippen molar-refractivity contribution in [3.63, 3.8) is 0 Å². The molecule has 4 heteroatoms. The molecule has 0 spiro atoms. The molecule has 0 unspecified atom stereocenters. The zero-order chi connectivity index (χ0) is 8.57. The summed E-state index contributed by atoms with van der Waals surface area (Å²) in [5.74, 6) is -0.0648. The van der Waals surface area contributed by atoms with Crippen LogP contribution in [-0.4, -0.2) is 17.6 Å². The number of carboxylic acids is 1. The average Bonchev–Trinajstić information content (AvgIpc) is 1.62. The van der Waals surface area contributed by atoms with Crippen molar-refractivity contribution < 1.29 is 9.90 Å². The second kappa shape index (κ2) is 8.78. The Kier molecular flexibility index (Phi) is 10.9. The Morgan fingerprint density at radius 1 is 1.60 bits per heavy atom. The van der Waals surface area contributed by atoms with Crippen LogP contribution in [0.2, 0.25) is 0 Å². The summed E-state index contributed by atoms with van der Waals surface area (Å²) in [5.41, 5.74) is 0. The van der Waals surface area contributed by atoms with Crippen molar-refractivity contribution in [3.8, 4) is 0 Å². The minimum absolute atomic E-state index is 0.0941. The van der Waals surface area contributed by atoms with Crippen molar-refractivity contribution in [2.24, 2.45) is 5.92 Å². The molecule has 10 heavy (non-hydrogen) atoms. The summed E-state index contributed by atoms with van der Waals surface area (Å²) < 4.78 is 2.16. The number of carboxylic acid groups (broad SMARTS) is 1. The quantitative estimate of drug-likeness (QED) is 0.538. The van der Waals surface area contributed by atoms with Crippen LogP contribution in [0.3, 0.4) is 0 Å². The Labute approximate surface area is 67.4 Å². The van der Waals surface area contributed by atoms with Gasteiger partial charge in [-0.15, -0.1) is 0 Å². The largest absolute Gasteiger partial charge is 0.480 e. The first-order valence-corrected chi connectivity index (χ1v) is 3.54. The lowest BCUT2D eigenvalue weighted by Gasteiger charge is -1.83. The fourth-order valence-electron chi connectivity index (χ4n) is 0.0676. The number of carbonyl (C=O) groups is 1. The third kappa shape index (κ3) is 46.3. The molecule has 0 saturated carbocycles. The van der Waals surface area contributed by atoms with E-state index in [9.17, 15) is 4.79 Å². The highest BCUT2D eigenvalue weighted by Crippen LogP contribution is 1.81. The minimum Gasteiger partial charge on any atom is -0.480 e. The third-order valence-electron chi connectivity index (χ3n) is 0.230. The molecule has 0 bridgehead atoms. The lowest BCUT2D eigenvalue weighted by atomic mass is 10.3. The smallest absolute Gasteiger partial charge is 0.318 e. The van der Waals surface area contributed by atoms with Crippen LogP contribution in [-0.2, 0) is 4.79 Å². The van der Waals surface area contributed by atoms with Gasteiger partial charge >= 0.3 is 5.97 Å². The van der Waals surface area contributed by atoms with E-state index in [4.69, 9.17) is 5.11 Å². The summed E-state index contributed by atoms with van der Waals surface area (Å²) in [6.07, 6.45) is 0. The van der Waals surface area contributed by atoms with Crippen LogP contribution in [0.25, 0.3) is 0 Å². The maximum Gasteiger partial charge on any atom is 0.318 e. The molecule has 0 aliphatic heterocycles. The van der Waals surface area contributed by atoms with Crippen molar-refractivity contribution >= 4 is 18.8 Å². The monoisotopic (exact) mass is 165 g/mol. The Morgan fingerprint density at radius 2 is 1.90 bits per heavy atom. The first kappa shape index (κ1) is 12.5. The molecule has 0 amide bonds. The summed E-state index contributed by atoms with van der Waals surface area (Å²) in [7, 11) is 0. The SMILES string of the molecule is CC(C)C.O=C(O)CNS. The number of rotatable bonds is 2. The highest BCUT2D eigenvalue weighted by atomic mass is 32.1. The van der Waals surface area contributed by atoms with E-state index >= 15 is 0 Å². The zero-order valence-corrected chi connectivity index (χ0v) is 7.48. The van der Waals surface area contributed by atoms with Gasteiger partial charge in [0, 0.05) is 0 Å². The molecule has 0 heterocycles. The van der Waals surface area contributed by atoms with Crippen LogP contribution >= 0.6 is 12.8 Å². The van der Waals surface area contributed by atoms with Gasteiger partial charge in [-0.2, -0.15) is 0 Å². The summed E-state index contributed by atoms with van der Waals surface area (Å²) in [6.45, 7) is 6.41. The Balaban J connectivity index is 0. The molecular weight excluding hydrogens is 150 g/mol. The second-order valence-electron chi connectivity index (χ2n) is 2.46. The van der Waals surface area contributed by atoms with Gasteiger partial charge in [-0.3, -0.25) is 9.52 Å². The Bertz CT molecular complexity index is 83.1. The molecule has 0 atom stereocenters. The van der Waals surface area contributed by atoms with E-state index in [0.717, 1.165) is 5.92 Å². The predicted molar refractivity (Wildman–Crippen MR) is 45.1 cm³/mol. The van der Waals surface area contributed by atoms with E-state index < -0.39 is 5.97 Å². The highest BCUT2D eigenvalue weighted by Gasteiger charge is 1.86. The molecular formula is C6H15NO2S. The number of hydrogen-bond acceptors (Lipinski definition) is 3. The van der Waals surface area contributed by atoms with E-state index in [-0.39, 0.29) is 6.54 Å². The molecule has 62 valence electrons. The predicted octanol–water partition coefficient (Wildman–Crippen LogP) is 1.17. The fraction of sp³-hybridized carbons (Fsp3) is 0.833. The van der Waals surface area contributed by atoms with Crippen molar-refractivity contribution in [2.75, 3.05) is 6.54 Å². The summed E-state index contributed by atoms with van der Waals surface area (Å²) in [6, 6.07) is 0. The lowest BCUT2D eigenvalue weighted by Crippen LogP contribution is -2.12. The Morgan fingerprint density at radius 3 is 1.90 bits per heavy atom. The van der Waals surface area contributed by atoms with Crippen LogP contribution in [0.15, 0.2) is 0 Å². The average molecular weight is 165 g/mol. The molecule has 0 radical (unpaired) electrons. The van der Waals surface area contributed by atoms with Crippen LogP contribution in [0.5, 0.6) is 0 Å². The van der Waals surface area contributed by atoms with Gasteiger partial charge in [-0.1, -0.05) is 33.6 Å². The number of nitrogens with one attached hydrogen (secondary N) is 1. The maximum atomic E-state index is 9.49. The van der Waals surface area contributed by atoms with Crippen LogP contribution in [0.4, 0.5) is 0 Å². The normalized spacial score (nSPS) is 8.50. The zero-order valence-electron chi connectivity index (χ0n) is 6.59. The molecule has 3 nitrogen and oxygen atoms in total. The van der Waals surface area contributed by atoms with Gasteiger partial charge in [0.05, 0.1) is 0 Å². The van der Waals surface area contributed by atoms with Crippen molar-refractivity contribution in [3.05, 3.63) is 0 Å². The molecule has 0 aromatic carbocycles.